The molecule has 98 valence electrons. The van der Waals surface area contributed by atoms with Crippen molar-refractivity contribution < 1.29 is 14.6 Å². The highest BCUT2D eigenvalue weighted by atomic mass is 16.5. The van der Waals surface area contributed by atoms with Crippen molar-refractivity contribution in [2.24, 2.45) is 0 Å². The molecule has 1 saturated heterocycles. The lowest BCUT2D eigenvalue weighted by atomic mass is 9.96. The zero-order chi connectivity index (χ0) is 12.5. The number of carbonyl (C=O) groups excluding carboxylic acids is 1. The third-order valence-electron chi connectivity index (χ3n) is 3.69. The Kier molecular flexibility index (Phi) is 3.70. The predicted molar refractivity (Wildman–Crippen MR) is 63.6 cm³/mol. The van der Waals surface area contributed by atoms with E-state index in [-0.39, 0.29) is 18.1 Å². The lowest BCUT2D eigenvalue weighted by molar-refractivity contribution is -0.123. The van der Waals surface area contributed by atoms with Gasteiger partial charge in [0.05, 0.1) is 12.1 Å². The van der Waals surface area contributed by atoms with Gasteiger partial charge in [-0.05, 0) is 26.7 Å². The first-order chi connectivity index (χ1) is 8.01. The molecule has 2 rings (SSSR count). The summed E-state index contributed by atoms with van der Waals surface area (Å²) in [5.74, 6) is 0.0164. The highest BCUT2D eigenvalue weighted by molar-refractivity contribution is 5.81. The number of amides is 1. The van der Waals surface area contributed by atoms with Crippen molar-refractivity contribution in [3.8, 4) is 0 Å². The Morgan fingerprint density at radius 3 is 2.82 bits per heavy atom. The molecule has 0 aromatic heterocycles. The Morgan fingerprint density at radius 1 is 1.59 bits per heavy atom. The molecule has 3 unspecified atom stereocenters. The minimum absolute atomic E-state index is 0.0164. The van der Waals surface area contributed by atoms with Gasteiger partial charge in [0.1, 0.15) is 5.60 Å². The average molecular weight is 242 g/mol. The second-order valence-corrected chi connectivity index (χ2v) is 5.25. The molecule has 17 heavy (non-hydrogen) atoms. The van der Waals surface area contributed by atoms with Crippen molar-refractivity contribution >= 4 is 5.91 Å². The molecule has 1 saturated carbocycles. The fourth-order valence-corrected chi connectivity index (χ4v) is 1.98. The third kappa shape index (κ3) is 3.18. The number of nitrogens with one attached hydrogen (secondary N) is 2. The van der Waals surface area contributed by atoms with Crippen LogP contribution in [-0.2, 0) is 9.53 Å². The van der Waals surface area contributed by atoms with Gasteiger partial charge in [-0.2, -0.15) is 0 Å². The smallest absolute Gasteiger partial charge is 0.237 e. The highest BCUT2D eigenvalue weighted by Crippen LogP contribution is 2.24. The van der Waals surface area contributed by atoms with Crippen molar-refractivity contribution in [2.75, 3.05) is 13.2 Å². The van der Waals surface area contributed by atoms with Crippen LogP contribution in [0.5, 0.6) is 0 Å². The average Bonchev–Trinajstić information content (AvgIpc) is 3.03. The number of ether oxygens (including phenoxy) is 1. The summed E-state index contributed by atoms with van der Waals surface area (Å²) in [5.41, 5.74) is -0.839. The molecule has 3 atom stereocenters. The van der Waals surface area contributed by atoms with Crippen molar-refractivity contribution in [3.05, 3.63) is 0 Å². The Balaban J connectivity index is 1.74. The summed E-state index contributed by atoms with van der Waals surface area (Å²) in [4.78, 5) is 11.7. The molecule has 2 aliphatic rings. The monoisotopic (exact) mass is 242 g/mol. The number of hydrogen-bond acceptors (Lipinski definition) is 4. The van der Waals surface area contributed by atoms with Gasteiger partial charge in [0, 0.05) is 25.6 Å². The number of rotatable bonds is 5. The number of aliphatic hydroxyl groups is 1. The number of hydrogen-bond donors (Lipinski definition) is 3. The summed E-state index contributed by atoms with van der Waals surface area (Å²) in [5, 5.41) is 16.3. The maximum atomic E-state index is 11.7. The summed E-state index contributed by atoms with van der Waals surface area (Å²) in [6.45, 7) is 4.67. The van der Waals surface area contributed by atoms with E-state index >= 15 is 0 Å². The largest absolute Gasteiger partial charge is 0.386 e. The summed E-state index contributed by atoms with van der Waals surface area (Å²) in [6.07, 6.45) is 2.63. The zero-order valence-electron chi connectivity index (χ0n) is 10.5. The standard InChI is InChI=1S/C12H22N2O3/c1-8(11(15)14-10-3-4-10)13-7-12(16)5-6-17-9(12)2/h8-10,13,16H,3-7H2,1-2H3,(H,14,15). The Hall–Kier alpha value is -0.650. The van der Waals surface area contributed by atoms with Crippen LogP contribution in [0.2, 0.25) is 0 Å². The molecule has 0 aromatic rings. The molecule has 0 bridgehead atoms. The molecule has 1 heterocycles. The van der Waals surface area contributed by atoms with Crippen LogP contribution < -0.4 is 10.6 Å². The van der Waals surface area contributed by atoms with E-state index < -0.39 is 5.60 Å². The normalized spacial score (nSPS) is 34.6. The van der Waals surface area contributed by atoms with Crippen LogP contribution in [0.1, 0.15) is 33.1 Å². The van der Waals surface area contributed by atoms with Crippen molar-refractivity contribution in [2.45, 2.75) is 56.9 Å². The van der Waals surface area contributed by atoms with Crippen LogP contribution in [0.3, 0.4) is 0 Å². The SMILES string of the molecule is CC(NCC1(O)CCOC1C)C(=O)NC1CC1. The summed E-state index contributed by atoms with van der Waals surface area (Å²) in [7, 11) is 0. The van der Waals surface area contributed by atoms with Crippen molar-refractivity contribution in [1.29, 1.82) is 0 Å². The first kappa shape index (κ1) is 12.8. The molecular formula is C12H22N2O3. The van der Waals surface area contributed by atoms with Crippen LogP contribution in [-0.4, -0.2) is 48.0 Å². The number of carbonyl (C=O) groups is 1. The van der Waals surface area contributed by atoms with E-state index in [2.05, 4.69) is 10.6 Å². The fraction of sp³-hybridized carbons (Fsp3) is 0.917. The molecule has 0 radical (unpaired) electrons. The molecule has 1 aliphatic carbocycles. The molecular weight excluding hydrogens is 220 g/mol. The Bertz CT molecular complexity index is 293. The third-order valence-corrected chi connectivity index (χ3v) is 3.69. The highest BCUT2D eigenvalue weighted by Gasteiger charge is 2.39. The minimum Gasteiger partial charge on any atom is -0.386 e. The maximum Gasteiger partial charge on any atom is 0.237 e. The summed E-state index contributed by atoms with van der Waals surface area (Å²) in [6, 6.07) is 0.107. The van der Waals surface area contributed by atoms with Crippen LogP contribution >= 0.6 is 0 Å². The Labute approximate surface area is 102 Å². The van der Waals surface area contributed by atoms with Gasteiger partial charge in [0.25, 0.3) is 0 Å². The molecule has 1 aliphatic heterocycles. The predicted octanol–water partition coefficient (Wildman–Crippen LogP) is -0.217. The molecule has 5 nitrogen and oxygen atoms in total. The van der Waals surface area contributed by atoms with Gasteiger partial charge in [-0.3, -0.25) is 4.79 Å². The molecule has 0 aromatic carbocycles. The van der Waals surface area contributed by atoms with Gasteiger partial charge in [0.15, 0.2) is 0 Å². The topological polar surface area (TPSA) is 70.6 Å². The molecule has 0 spiro atoms. The van der Waals surface area contributed by atoms with Gasteiger partial charge in [0.2, 0.25) is 5.91 Å². The quantitative estimate of drug-likeness (QED) is 0.623. The first-order valence-electron chi connectivity index (χ1n) is 6.39. The van der Waals surface area contributed by atoms with E-state index in [1.54, 1.807) is 0 Å². The lowest BCUT2D eigenvalue weighted by Crippen LogP contribution is -2.52. The van der Waals surface area contributed by atoms with Gasteiger partial charge < -0.3 is 20.5 Å². The summed E-state index contributed by atoms with van der Waals surface area (Å²) < 4.78 is 5.35. The maximum absolute atomic E-state index is 11.7. The van der Waals surface area contributed by atoms with Crippen LogP contribution in [0.25, 0.3) is 0 Å². The summed E-state index contributed by atoms with van der Waals surface area (Å²) >= 11 is 0. The second kappa shape index (κ2) is 4.92. The van der Waals surface area contributed by atoms with E-state index in [4.69, 9.17) is 4.74 Å². The van der Waals surface area contributed by atoms with E-state index in [0.29, 0.717) is 25.6 Å². The minimum atomic E-state index is -0.839. The van der Waals surface area contributed by atoms with E-state index in [9.17, 15) is 9.90 Å². The second-order valence-electron chi connectivity index (χ2n) is 5.25. The van der Waals surface area contributed by atoms with Crippen LogP contribution in [0.4, 0.5) is 0 Å². The van der Waals surface area contributed by atoms with Crippen LogP contribution in [0, 0.1) is 0 Å². The molecule has 5 heteroatoms. The lowest BCUT2D eigenvalue weighted by Gasteiger charge is -2.27. The van der Waals surface area contributed by atoms with Gasteiger partial charge >= 0.3 is 0 Å². The first-order valence-corrected chi connectivity index (χ1v) is 6.39. The van der Waals surface area contributed by atoms with Crippen molar-refractivity contribution in [1.82, 2.24) is 10.6 Å². The van der Waals surface area contributed by atoms with Gasteiger partial charge in [-0.15, -0.1) is 0 Å². The van der Waals surface area contributed by atoms with E-state index in [0.717, 1.165) is 12.8 Å². The molecule has 2 fully saturated rings. The zero-order valence-corrected chi connectivity index (χ0v) is 10.5. The van der Waals surface area contributed by atoms with E-state index in [1.165, 1.54) is 0 Å². The molecule has 3 N–H and O–H groups in total. The molecule has 1 amide bonds. The van der Waals surface area contributed by atoms with E-state index in [1.807, 2.05) is 13.8 Å². The van der Waals surface area contributed by atoms with Gasteiger partial charge in [-0.1, -0.05) is 0 Å². The Morgan fingerprint density at radius 2 is 2.29 bits per heavy atom. The van der Waals surface area contributed by atoms with Crippen molar-refractivity contribution in [3.63, 3.8) is 0 Å². The van der Waals surface area contributed by atoms with Crippen LogP contribution in [0.15, 0.2) is 0 Å². The van der Waals surface area contributed by atoms with Gasteiger partial charge in [-0.25, -0.2) is 0 Å². The fourth-order valence-electron chi connectivity index (χ4n) is 1.98.